The van der Waals surface area contributed by atoms with Gasteiger partial charge in [-0.1, -0.05) is 53.6 Å². The summed E-state index contributed by atoms with van der Waals surface area (Å²) in [5.74, 6) is 0.707. The van der Waals surface area contributed by atoms with Gasteiger partial charge in [0.15, 0.2) is 11.5 Å². The molecule has 184 valence electrons. The smallest absolute Gasteiger partial charge is 0.162 e. The highest BCUT2D eigenvalue weighted by atomic mass is 35.5. The van der Waals surface area contributed by atoms with Gasteiger partial charge >= 0.3 is 0 Å². The lowest BCUT2D eigenvalue weighted by Crippen LogP contribution is -2.17. The summed E-state index contributed by atoms with van der Waals surface area (Å²) in [5.41, 5.74) is 8.16. The summed E-state index contributed by atoms with van der Waals surface area (Å²) in [7, 11) is 1.56. The van der Waals surface area contributed by atoms with Gasteiger partial charge in [-0.05, 0) is 62.6 Å². The van der Waals surface area contributed by atoms with Crippen molar-refractivity contribution in [2.75, 3.05) is 25.5 Å². The Hall–Kier alpha value is -3.28. The van der Waals surface area contributed by atoms with Crippen LogP contribution in [0.25, 0.3) is 10.9 Å². The lowest BCUT2D eigenvalue weighted by atomic mass is 9.99. The topological polar surface area (TPSA) is 66.4 Å². The summed E-state index contributed by atoms with van der Waals surface area (Å²) in [6, 6.07) is 20.9. The van der Waals surface area contributed by atoms with E-state index < -0.39 is 0 Å². The van der Waals surface area contributed by atoms with E-state index in [1.54, 1.807) is 13.2 Å². The maximum Gasteiger partial charge on any atom is 0.162 e. The van der Waals surface area contributed by atoms with Crippen molar-refractivity contribution in [3.05, 3.63) is 94.7 Å². The fourth-order valence-electron chi connectivity index (χ4n) is 4.40. The fourth-order valence-corrected chi connectivity index (χ4v) is 4.40. The van der Waals surface area contributed by atoms with Crippen LogP contribution in [0.3, 0.4) is 0 Å². The number of aromatic hydroxyl groups is 1. The second kappa shape index (κ2) is 12.4. The quantitative estimate of drug-likeness (QED) is 0.231. The van der Waals surface area contributed by atoms with Crippen LogP contribution in [-0.4, -0.2) is 30.3 Å². The third kappa shape index (κ3) is 6.87. The zero-order valence-corrected chi connectivity index (χ0v) is 21.4. The first-order chi connectivity index (χ1) is 16.5. The molecular formula is C29H34ClN3O2. The summed E-state index contributed by atoms with van der Waals surface area (Å²) < 4.78 is 5.17. The van der Waals surface area contributed by atoms with Crippen molar-refractivity contribution in [3.63, 3.8) is 0 Å². The van der Waals surface area contributed by atoms with E-state index >= 15 is 0 Å². The monoisotopic (exact) mass is 491 g/mol. The Morgan fingerprint density at radius 2 is 1.71 bits per heavy atom. The van der Waals surface area contributed by atoms with E-state index in [-0.39, 0.29) is 18.2 Å². The number of benzene rings is 3. The number of pyridine rings is 1. The normalized spacial score (nSPS) is 10.7. The number of para-hydroxylation sites is 1. The van der Waals surface area contributed by atoms with Crippen LogP contribution in [0.15, 0.2) is 66.9 Å². The molecule has 0 fully saturated rings. The molecule has 0 unspecified atom stereocenters. The number of nitrogens with zero attached hydrogens (tertiary/aromatic N) is 1. The van der Waals surface area contributed by atoms with Gasteiger partial charge in [-0.15, -0.1) is 12.4 Å². The van der Waals surface area contributed by atoms with Crippen molar-refractivity contribution in [2.24, 2.45) is 0 Å². The number of aryl methyl sites for hydroxylation is 2. The first kappa shape index (κ1) is 26.3. The Kier molecular flexibility index (Phi) is 9.35. The minimum Gasteiger partial charge on any atom is -0.504 e. The molecule has 6 heteroatoms. The molecule has 3 aromatic carbocycles. The lowest BCUT2D eigenvalue weighted by molar-refractivity contribution is 0.369. The van der Waals surface area contributed by atoms with E-state index in [2.05, 4.69) is 65.9 Å². The zero-order valence-electron chi connectivity index (χ0n) is 20.6. The van der Waals surface area contributed by atoms with E-state index in [1.807, 2.05) is 24.4 Å². The minimum absolute atomic E-state index is 0. The van der Waals surface area contributed by atoms with Crippen molar-refractivity contribution < 1.29 is 9.84 Å². The minimum atomic E-state index is 0. The summed E-state index contributed by atoms with van der Waals surface area (Å²) in [5, 5.41) is 18.3. The van der Waals surface area contributed by atoms with E-state index in [1.165, 1.54) is 22.3 Å². The lowest BCUT2D eigenvalue weighted by Gasteiger charge is -2.12. The van der Waals surface area contributed by atoms with Crippen LogP contribution < -0.4 is 15.4 Å². The SMILES string of the molecule is COc1cccc(CNCCCNc2ccnc3cc(Cc4cc(C)cc(C)c4)ccc23)c1O.Cl. The summed E-state index contributed by atoms with van der Waals surface area (Å²) >= 11 is 0. The number of anilines is 1. The largest absolute Gasteiger partial charge is 0.504 e. The van der Waals surface area contributed by atoms with Crippen LogP contribution in [0.4, 0.5) is 5.69 Å². The van der Waals surface area contributed by atoms with Gasteiger partial charge in [-0.3, -0.25) is 4.98 Å². The molecule has 0 aliphatic carbocycles. The molecule has 4 rings (SSSR count). The average molecular weight is 492 g/mol. The van der Waals surface area contributed by atoms with Gasteiger partial charge in [-0.2, -0.15) is 0 Å². The molecule has 0 amide bonds. The predicted molar refractivity (Wildman–Crippen MR) is 147 cm³/mol. The van der Waals surface area contributed by atoms with Crippen molar-refractivity contribution >= 4 is 29.0 Å². The number of phenols is 1. The molecule has 0 atom stereocenters. The van der Waals surface area contributed by atoms with Crippen molar-refractivity contribution in [3.8, 4) is 11.5 Å². The number of fused-ring (bicyclic) bond motifs is 1. The Morgan fingerprint density at radius 3 is 2.49 bits per heavy atom. The molecular weight excluding hydrogens is 458 g/mol. The van der Waals surface area contributed by atoms with Gasteiger partial charge in [0, 0.05) is 35.9 Å². The van der Waals surface area contributed by atoms with Crippen molar-refractivity contribution in [1.82, 2.24) is 10.3 Å². The van der Waals surface area contributed by atoms with Gasteiger partial charge in [0.25, 0.3) is 0 Å². The van der Waals surface area contributed by atoms with E-state index in [0.29, 0.717) is 12.3 Å². The van der Waals surface area contributed by atoms with Crippen LogP contribution in [-0.2, 0) is 13.0 Å². The van der Waals surface area contributed by atoms with Gasteiger partial charge < -0.3 is 20.5 Å². The number of halogens is 1. The summed E-state index contributed by atoms with van der Waals surface area (Å²) in [6.45, 7) is 6.58. The first-order valence-electron chi connectivity index (χ1n) is 11.8. The Bertz CT molecular complexity index is 1260. The molecule has 1 aromatic heterocycles. The second-order valence-electron chi connectivity index (χ2n) is 8.81. The molecule has 4 aromatic rings. The Labute approximate surface area is 214 Å². The average Bonchev–Trinajstić information content (AvgIpc) is 2.81. The maximum atomic E-state index is 10.2. The Morgan fingerprint density at radius 1 is 0.914 bits per heavy atom. The molecule has 0 radical (unpaired) electrons. The highest BCUT2D eigenvalue weighted by Crippen LogP contribution is 2.29. The fraction of sp³-hybridized carbons (Fsp3) is 0.276. The molecule has 0 aliphatic rings. The van der Waals surface area contributed by atoms with Crippen LogP contribution in [0.2, 0.25) is 0 Å². The van der Waals surface area contributed by atoms with Crippen LogP contribution in [0.5, 0.6) is 11.5 Å². The molecule has 0 bridgehead atoms. The number of methoxy groups -OCH3 is 1. The van der Waals surface area contributed by atoms with Crippen molar-refractivity contribution in [1.29, 1.82) is 0 Å². The van der Waals surface area contributed by atoms with Crippen LogP contribution in [0.1, 0.15) is 34.2 Å². The molecule has 3 N–H and O–H groups in total. The number of nitrogens with one attached hydrogen (secondary N) is 2. The number of hydrogen-bond donors (Lipinski definition) is 3. The molecule has 0 saturated heterocycles. The number of ether oxygens (including phenoxy) is 1. The summed E-state index contributed by atoms with van der Waals surface area (Å²) in [4.78, 5) is 4.61. The number of phenolic OH excluding ortho intramolecular Hbond substituents is 1. The summed E-state index contributed by atoms with van der Waals surface area (Å²) in [6.07, 6.45) is 3.74. The highest BCUT2D eigenvalue weighted by molar-refractivity contribution is 5.91. The molecule has 5 nitrogen and oxygen atoms in total. The molecule has 0 aliphatic heterocycles. The number of hydrogen-bond acceptors (Lipinski definition) is 5. The van der Waals surface area contributed by atoms with Crippen LogP contribution in [0, 0.1) is 13.8 Å². The standard InChI is InChI=1S/C29H33N3O2.ClH/c1-20-14-21(2)16-23(15-20)17-22-8-9-25-26(10-13-32-27(25)18-22)31-12-5-11-30-19-24-6-4-7-28(34-3)29(24)33;/h4,6-10,13-16,18,30,33H,5,11-12,17,19H2,1-3H3,(H,31,32);1H. The van der Waals surface area contributed by atoms with Gasteiger partial charge in [0.2, 0.25) is 0 Å². The number of rotatable bonds is 10. The molecule has 0 saturated carbocycles. The van der Waals surface area contributed by atoms with Gasteiger partial charge in [-0.25, -0.2) is 0 Å². The van der Waals surface area contributed by atoms with E-state index in [4.69, 9.17) is 4.74 Å². The zero-order chi connectivity index (χ0) is 23.9. The van der Waals surface area contributed by atoms with Gasteiger partial charge in [0.1, 0.15) is 0 Å². The maximum absolute atomic E-state index is 10.2. The molecule has 1 heterocycles. The third-order valence-electron chi connectivity index (χ3n) is 5.96. The number of aromatic nitrogens is 1. The van der Waals surface area contributed by atoms with E-state index in [9.17, 15) is 5.11 Å². The molecule has 35 heavy (non-hydrogen) atoms. The predicted octanol–water partition coefficient (Wildman–Crippen LogP) is 6.17. The highest BCUT2D eigenvalue weighted by Gasteiger charge is 2.07. The first-order valence-corrected chi connectivity index (χ1v) is 11.8. The molecule has 0 spiro atoms. The van der Waals surface area contributed by atoms with E-state index in [0.717, 1.165) is 48.1 Å². The van der Waals surface area contributed by atoms with Gasteiger partial charge in [0.05, 0.1) is 12.6 Å². The van der Waals surface area contributed by atoms with Crippen molar-refractivity contribution in [2.45, 2.75) is 33.2 Å². The van der Waals surface area contributed by atoms with Crippen LogP contribution >= 0.6 is 12.4 Å². The second-order valence-corrected chi connectivity index (χ2v) is 8.81. The Balaban J connectivity index is 0.00000342. The third-order valence-corrected chi connectivity index (χ3v) is 5.96.